The summed E-state index contributed by atoms with van der Waals surface area (Å²) in [5.74, 6) is 0.180. The summed E-state index contributed by atoms with van der Waals surface area (Å²) in [6.07, 6.45) is 3.90. The number of carbonyl (C=O) groups excluding carboxylic acids is 1. The Labute approximate surface area is 129 Å². The quantitative estimate of drug-likeness (QED) is 0.915. The number of nitrogens with one attached hydrogen (secondary N) is 1. The first-order chi connectivity index (χ1) is 10.0. The molecule has 1 aromatic heterocycles. The lowest BCUT2D eigenvalue weighted by molar-refractivity contribution is -0.131. The zero-order valence-corrected chi connectivity index (χ0v) is 13.5. The van der Waals surface area contributed by atoms with Crippen LogP contribution in [0.5, 0.6) is 0 Å². The van der Waals surface area contributed by atoms with Crippen LogP contribution in [0, 0.1) is 13.8 Å². The van der Waals surface area contributed by atoms with E-state index in [-0.39, 0.29) is 10.8 Å². The van der Waals surface area contributed by atoms with Crippen LogP contribution in [0.4, 0.5) is 0 Å². The third kappa shape index (κ3) is 3.06. The lowest BCUT2D eigenvalue weighted by Crippen LogP contribution is -2.39. The van der Waals surface area contributed by atoms with Crippen LogP contribution in [-0.4, -0.2) is 40.5 Å². The SMILES string of the molecule is Cc1sc(=O)n(CCC(=O)N2CCC3CCC(C2)N3)c1C. The number of likely N-dealkylation sites (tertiary alicyclic amines) is 1. The molecule has 2 aliphatic heterocycles. The standard InChI is InChI=1S/C15H23N3O2S/c1-10-11(2)21-15(20)18(10)8-6-14(19)17-7-5-12-3-4-13(9-17)16-12/h12-13,16H,3-9H2,1-2H3. The van der Waals surface area contributed by atoms with Gasteiger partial charge < -0.3 is 14.8 Å². The highest BCUT2D eigenvalue weighted by Gasteiger charge is 2.30. The predicted octanol–water partition coefficient (Wildman–Crippen LogP) is 1.27. The largest absolute Gasteiger partial charge is 0.341 e. The molecule has 2 bridgehead atoms. The molecule has 1 amide bonds. The molecule has 2 unspecified atom stereocenters. The molecule has 0 aliphatic carbocycles. The molecule has 0 radical (unpaired) electrons. The average molecular weight is 309 g/mol. The molecule has 1 aromatic rings. The molecule has 0 saturated carbocycles. The van der Waals surface area contributed by atoms with Gasteiger partial charge in [-0.15, -0.1) is 0 Å². The van der Waals surface area contributed by atoms with Gasteiger partial charge in [0.15, 0.2) is 0 Å². The van der Waals surface area contributed by atoms with Gasteiger partial charge in [0.05, 0.1) is 0 Å². The van der Waals surface area contributed by atoms with Gasteiger partial charge in [-0.2, -0.15) is 0 Å². The van der Waals surface area contributed by atoms with Gasteiger partial charge in [0.2, 0.25) is 5.91 Å². The molecule has 1 N–H and O–H groups in total. The molecule has 2 saturated heterocycles. The van der Waals surface area contributed by atoms with Gasteiger partial charge in [-0.3, -0.25) is 9.59 Å². The number of thiazole rings is 1. The van der Waals surface area contributed by atoms with Gasteiger partial charge in [0.25, 0.3) is 0 Å². The molecular weight excluding hydrogens is 286 g/mol. The Kier molecular flexibility index (Phi) is 4.17. The fourth-order valence-electron chi connectivity index (χ4n) is 3.38. The maximum Gasteiger partial charge on any atom is 0.307 e. The first-order valence-electron chi connectivity index (χ1n) is 7.75. The van der Waals surface area contributed by atoms with Crippen LogP contribution in [0.2, 0.25) is 0 Å². The van der Waals surface area contributed by atoms with E-state index in [9.17, 15) is 9.59 Å². The van der Waals surface area contributed by atoms with E-state index in [1.807, 2.05) is 18.7 Å². The molecule has 116 valence electrons. The Morgan fingerprint density at radius 2 is 2.05 bits per heavy atom. The first-order valence-corrected chi connectivity index (χ1v) is 8.57. The van der Waals surface area contributed by atoms with Crippen LogP contribution in [0.15, 0.2) is 4.79 Å². The second-order valence-electron chi connectivity index (χ2n) is 6.18. The van der Waals surface area contributed by atoms with Crippen molar-refractivity contribution < 1.29 is 4.79 Å². The van der Waals surface area contributed by atoms with Crippen molar-refractivity contribution in [2.45, 2.75) is 58.2 Å². The van der Waals surface area contributed by atoms with E-state index in [0.717, 1.165) is 30.1 Å². The fourth-order valence-corrected chi connectivity index (χ4v) is 4.24. The van der Waals surface area contributed by atoms with E-state index in [1.54, 1.807) is 4.57 Å². The average Bonchev–Trinajstić information content (AvgIpc) is 2.88. The topological polar surface area (TPSA) is 54.3 Å². The van der Waals surface area contributed by atoms with Gasteiger partial charge in [-0.1, -0.05) is 11.3 Å². The number of aryl methyl sites for hydroxylation is 1. The number of aromatic nitrogens is 1. The summed E-state index contributed by atoms with van der Waals surface area (Å²) in [4.78, 5) is 27.3. The molecule has 3 heterocycles. The number of fused-ring (bicyclic) bond motifs is 2. The summed E-state index contributed by atoms with van der Waals surface area (Å²) >= 11 is 1.27. The number of rotatable bonds is 3. The molecule has 21 heavy (non-hydrogen) atoms. The van der Waals surface area contributed by atoms with Crippen LogP contribution < -0.4 is 10.2 Å². The van der Waals surface area contributed by atoms with Crippen LogP contribution in [0.3, 0.4) is 0 Å². The molecule has 0 spiro atoms. The second-order valence-corrected chi connectivity index (χ2v) is 7.34. The number of carbonyl (C=O) groups is 1. The number of nitrogens with zero attached hydrogens (tertiary/aromatic N) is 2. The summed E-state index contributed by atoms with van der Waals surface area (Å²) in [5, 5.41) is 3.59. The minimum Gasteiger partial charge on any atom is -0.341 e. The molecule has 0 aromatic carbocycles. The Balaban J connectivity index is 1.60. The van der Waals surface area contributed by atoms with Crippen LogP contribution in [-0.2, 0) is 11.3 Å². The van der Waals surface area contributed by atoms with Gasteiger partial charge in [0, 0.05) is 48.7 Å². The van der Waals surface area contributed by atoms with E-state index in [1.165, 1.54) is 24.2 Å². The highest BCUT2D eigenvalue weighted by atomic mass is 32.1. The molecule has 2 atom stereocenters. The first kappa shape index (κ1) is 14.8. The third-order valence-electron chi connectivity index (χ3n) is 4.80. The van der Waals surface area contributed by atoms with Gasteiger partial charge in [-0.25, -0.2) is 0 Å². The maximum atomic E-state index is 12.4. The Hall–Kier alpha value is -1.14. The van der Waals surface area contributed by atoms with Gasteiger partial charge >= 0.3 is 4.87 Å². The summed E-state index contributed by atoms with van der Waals surface area (Å²) in [5.41, 5.74) is 0.995. The molecule has 5 nitrogen and oxygen atoms in total. The fraction of sp³-hybridized carbons (Fsp3) is 0.733. The van der Waals surface area contributed by atoms with Crippen LogP contribution in [0.1, 0.15) is 36.3 Å². The smallest absolute Gasteiger partial charge is 0.307 e. The summed E-state index contributed by atoms with van der Waals surface area (Å²) < 4.78 is 1.74. The number of hydrogen-bond donors (Lipinski definition) is 1. The van der Waals surface area contributed by atoms with Gasteiger partial charge in [0.1, 0.15) is 0 Å². The van der Waals surface area contributed by atoms with Crippen molar-refractivity contribution >= 4 is 17.2 Å². The zero-order valence-electron chi connectivity index (χ0n) is 12.7. The molecule has 2 fully saturated rings. The highest BCUT2D eigenvalue weighted by Crippen LogP contribution is 2.21. The highest BCUT2D eigenvalue weighted by molar-refractivity contribution is 7.09. The normalized spacial score (nSPS) is 25.1. The lowest BCUT2D eigenvalue weighted by atomic mass is 10.1. The van der Waals surface area contributed by atoms with Crippen LogP contribution >= 0.6 is 11.3 Å². The molecule has 2 aliphatic rings. The summed E-state index contributed by atoms with van der Waals surface area (Å²) in [6.45, 7) is 6.09. The zero-order chi connectivity index (χ0) is 15.0. The van der Waals surface area contributed by atoms with Gasteiger partial charge in [-0.05, 0) is 33.1 Å². The van der Waals surface area contributed by atoms with Crippen molar-refractivity contribution in [3.8, 4) is 0 Å². The second kappa shape index (κ2) is 5.93. The van der Waals surface area contributed by atoms with Crippen molar-refractivity contribution in [3.63, 3.8) is 0 Å². The predicted molar refractivity (Wildman–Crippen MR) is 83.8 cm³/mol. The van der Waals surface area contributed by atoms with Crippen molar-refractivity contribution in [2.24, 2.45) is 0 Å². The van der Waals surface area contributed by atoms with E-state index < -0.39 is 0 Å². The molecule has 3 rings (SSSR count). The lowest BCUT2D eigenvalue weighted by Gasteiger charge is -2.24. The number of hydrogen-bond acceptors (Lipinski definition) is 4. The van der Waals surface area contributed by atoms with Crippen molar-refractivity contribution in [1.29, 1.82) is 0 Å². The minimum absolute atomic E-state index is 0.0504. The van der Waals surface area contributed by atoms with Crippen molar-refractivity contribution in [3.05, 3.63) is 20.2 Å². The van der Waals surface area contributed by atoms with Crippen molar-refractivity contribution in [1.82, 2.24) is 14.8 Å². The Morgan fingerprint density at radius 3 is 2.76 bits per heavy atom. The Morgan fingerprint density at radius 1 is 1.29 bits per heavy atom. The van der Waals surface area contributed by atoms with E-state index in [2.05, 4.69) is 5.32 Å². The van der Waals surface area contributed by atoms with E-state index >= 15 is 0 Å². The Bertz CT molecular complexity index is 592. The van der Waals surface area contributed by atoms with E-state index in [0.29, 0.717) is 25.0 Å². The van der Waals surface area contributed by atoms with E-state index in [4.69, 9.17) is 0 Å². The molecule has 6 heteroatoms. The number of amides is 1. The maximum absolute atomic E-state index is 12.4. The van der Waals surface area contributed by atoms with Crippen molar-refractivity contribution in [2.75, 3.05) is 13.1 Å². The monoisotopic (exact) mass is 309 g/mol. The third-order valence-corrected chi connectivity index (χ3v) is 5.80. The molecular formula is C15H23N3O2S. The summed E-state index contributed by atoms with van der Waals surface area (Å²) in [6, 6.07) is 1.06. The summed E-state index contributed by atoms with van der Waals surface area (Å²) in [7, 11) is 0. The minimum atomic E-state index is 0.0504. The van der Waals surface area contributed by atoms with Crippen LogP contribution in [0.25, 0.3) is 0 Å².